The number of hydrogen-bond donors (Lipinski definition) is 1. The maximum Gasteiger partial charge on any atom is 0.0345 e. The van der Waals surface area contributed by atoms with Gasteiger partial charge in [-0.05, 0) is 74.6 Å². The van der Waals surface area contributed by atoms with Gasteiger partial charge in [0.1, 0.15) is 0 Å². The first-order chi connectivity index (χ1) is 7.74. The SMILES string of the molecule is Cc1ccc(NC(C2CC2)C2CC2)cc1C. The van der Waals surface area contributed by atoms with Crippen molar-refractivity contribution in [2.24, 2.45) is 11.8 Å². The van der Waals surface area contributed by atoms with Crippen molar-refractivity contribution >= 4 is 5.69 Å². The standard InChI is InChI=1S/C15H21N/c1-10-3-8-14(9-11(10)2)16-15(12-4-5-12)13-6-7-13/h3,8-9,12-13,15-16H,4-7H2,1-2H3. The van der Waals surface area contributed by atoms with Gasteiger partial charge in [-0.2, -0.15) is 0 Å². The molecule has 0 heterocycles. The summed E-state index contributed by atoms with van der Waals surface area (Å²) in [5.74, 6) is 1.93. The lowest BCUT2D eigenvalue weighted by Gasteiger charge is -2.19. The number of aryl methyl sites for hydroxylation is 2. The van der Waals surface area contributed by atoms with Crippen molar-refractivity contribution in [3.05, 3.63) is 29.3 Å². The predicted molar refractivity (Wildman–Crippen MR) is 68.8 cm³/mol. The number of hydrogen-bond acceptors (Lipinski definition) is 1. The van der Waals surface area contributed by atoms with Crippen LogP contribution in [0.2, 0.25) is 0 Å². The Morgan fingerprint density at radius 1 is 1.00 bits per heavy atom. The summed E-state index contributed by atoms with van der Waals surface area (Å²) in [7, 11) is 0. The van der Waals surface area contributed by atoms with Crippen LogP contribution in [0.4, 0.5) is 5.69 Å². The van der Waals surface area contributed by atoms with Crippen molar-refractivity contribution in [2.45, 2.75) is 45.6 Å². The third-order valence-electron chi connectivity index (χ3n) is 4.10. The van der Waals surface area contributed by atoms with E-state index in [2.05, 4.69) is 37.4 Å². The fraction of sp³-hybridized carbons (Fsp3) is 0.600. The second-order valence-corrected chi connectivity index (χ2v) is 5.64. The predicted octanol–water partition coefficient (Wildman–Crippen LogP) is 3.90. The van der Waals surface area contributed by atoms with E-state index < -0.39 is 0 Å². The molecule has 0 radical (unpaired) electrons. The fourth-order valence-corrected chi connectivity index (χ4v) is 2.55. The highest BCUT2D eigenvalue weighted by atomic mass is 15.0. The van der Waals surface area contributed by atoms with Gasteiger partial charge in [0.15, 0.2) is 0 Å². The van der Waals surface area contributed by atoms with E-state index in [1.54, 1.807) is 0 Å². The minimum Gasteiger partial charge on any atom is -0.382 e. The minimum atomic E-state index is 0.766. The van der Waals surface area contributed by atoms with Crippen LogP contribution in [0, 0.1) is 25.7 Å². The summed E-state index contributed by atoms with van der Waals surface area (Å²) in [5, 5.41) is 3.77. The van der Waals surface area contributed by atoms with E-state index in [1.807, 2.05) is 0 Å². The second-order valence-electron chi connectivity index (χ2n) is 5.64. The topological polar surface area (TPSA) is 12.0 Å². The van der Waals surface area contributed by atoms with Crippen LogP contribution in [0.3, 0.4) is 0 Å². The Labute approximate surface area is 98.3 Å². The van der Waals surface area contributed by atoms with Crippen molar-refractivity contribution in [3.8, 4) is 0 Å². The molecule has 2 aliphatic carbocycles. The van der Waals surface area contributed by atoms with Crippen LogP contribution in [0.25, 0.3) is 0 Å². The summed E-state index contributed by atoms with van der Waals surface area (Å²) < 4.78 is 0. The summed E-state index contributed by atoms with van der Waals surface area (Å²) in [4.78, 5) is 0. The molecule has 0 bridgehead atoms. The summed E-state index contributed by atoms with van der Waals surface area (Å²) in [6.45, 7) is 4.38. The molecule has 0 saturated heterocycles. The molecule has 16 heavy (non-hydrogen) atoms. The van der Waals surface area contributed by atoms with Crippen molar-refractivity contribution < 1.29 is 0 Å². The molecule has 1 N–H and O–H groups in total. The molecule has 0 atom stereocenters. The van der Waals surface area contributed by atoms with Crippen molar-refractivity contribution in [1.82, 2.24) is 0 Å². The molecular weight excluding hydrogens is 194 g/mol. The third-order valence-corrected chi connectivity index (χ3v) is 4.10. The van der Waals surface area contributed by atoms with E-state index in [0.717, 1.165) is 17.9 Å². The van der Waals surface area contributed by atoms with Gasteiger partial charge in [-0.3, -0.25) is 0 Å². The summed E-state index contributed by atoms with van der Waals surface area (Å²) >= 11 is 0. The van der Waals surface area contributed by atoms with E-state index >= 15 is 0 Å². The zero-order valence-electron chi connectivity index (χ0n) is 10.3. The lowest BCUT2D eigenvalue weighted by Crippen LogP contribution is -2.24. The van der Waals surface area contributed by atoms with E-state index in [0.29, 0.717) is 0 Å². The molecule has 0 aliphatic heterocycles. The molecular formula is C15H21N. The lowest BCUT2D eigenvalue weighted by atomic mass is 10.1. The van der Waals surface area contributed by atoms with Crippen LogP contribution < -0.4 is 5.32 Å². The van der Waals surface area contributed by atoms with Crippen molar-refractivity contribution in [3.63, 3.8) is 0 Å². The van der Waals surface area contributed by atoms with Gasteiger partial charge in [0.2, 0.25) is 0 Å². The number of rotatable bonds is 4. The van der Waals surface area contributed by atoms with E-state index in [9.17, 15) is 0 Å². The monoisotopic (exact) mass is 215 g/mol. The largest absolute Gasteiger partial charge is 0.382 e. The van der Waals surface area contributed by atoms with E-state index in [1.165, 1.54) is 42.5 Å². The van der Waals surface area contributed by atoms with Gasteiger partial charge in [-0.15, -0.1) is 0 Å². The van der Waals surface area contributed by atoms with Crippen LogP contribution in [0.15, 0.2) is 18.2 Å². The smallest absolute Gasteiger partial charge is 0.0345 e. The molecule has 3 rings (SSSR count). The molecule has 0 aromatic heterocycles. The van der Waals surface area contributed by atoms with Crippen molar-refractivity contribution in [2.75, 3.05) is 5.32 Å². The van der Waals surface area contributed by atoms with Gasteiger partial charge in [-0.1, -0.05) is 6.07 Å². The summed E-state index contributed by atoms with van der Waals surface area (Å²) in [5.41, 5.74) is 4.11. The highest BCUT2D eigenvalue weighted by Gasteiger charge is 2.41. The average Bonchev–Trinajstić information content (AvgIpc) is 3.14. The molecule has 86 valence electrons. The van der Waals surface area contributed by atoms with Gasteiger partial charge >= 0.3 is 0 Å². The van der Waals surface area contributed by atoms with Gasteiger partial charge < -0.3 is 5.32 Å². The average molecular weight is 215 g/mol. The Morgan fingerprint density at radius 3 is 2.12 bits per heavy atom. The van der Waals surface area contributed by atoms with Crippen LogP contribution in [-0.2, 0) is 0 Å². The fourth-order valence-electron chi connectivity index (χ4n) is 2.55. The number of anilines is 1. The highest BCUT2D eigenvalue weighted by molar-refractivity contribution is 5.49. The minimum absolute atomic E-state index is 0.766. The quantitative estimate of drug-likeness (QED) is 0.803. The molecule has 1 aromatic carbocycles. The molecule has 2 saturated carbocycles. The third kappa shape index (κ3) is 2.09. The first-order valence-electron chi connectivity index (χ1n) is 6.58. The highest BCUT2D eigenvalue weighted by Crippen LogP contribution is 2.45. The Hall–Kier alpha value is -0.980. The Balaban J connectivity index is 1.73. The maximum absolute atomic E-state index is 3.77. The van der Waals surface area contributed by atoms with Crippen LogP contribution >= 0.6 is 0 Å². The molecule has 1 aromatic rings. The molecule has 2 aliphatic rings. The second kappa shape index (κ2) is 3.80. The molecule has 1 nitrogen and oxygen atoms in total. The first kappa shape index (κ1) is 10.2. The van der Waals surface area contributed by atoms with Gasteiger partial charge in [0.25, 0.3) is 0 Å². The van der Waals surface area contributed by atoms with Crippen LogP contribution in [-0.4, -0.2) is 6.04 Å². The Bertz CT molecular complexity index is 376. The van der Waals surface area contributed by atoms with Gasteiger partial charge in [-0.25, -0.2) is 0 Å². The van der Waals surface area contributed by atoms with Crippen LogP contribution in [0.1, 0.15) is 36.8 Å². The molecule has 0 unspecified atom stereocenters. The molecule has 2 fully saturated rings. The molecule has 0 spiro atoms. The van der Waals surface area contributed by atoms with Gasteiger partial charge in [0.05, 0.1) is 0 Å². The normalized spacial score (nSPS) is 20.2. The first-order valence-corrected chi connectivity index (χ1v) is 6.58. The Morgan fingerprint density at radius 2 is 1.62 bits per heavy atom. The summed E-state index contributed by atoms with van der Waals surface area (Å²) in [6, 6.07) is 7.53. The number of benzene rings is 1. The zero-order valence-corrected chi connectivity index (χ0v) is 10.3. The molecule has 0 amide bonds. The lowest BCUT2D eigenvalue weighted by molar-refractivity contribution is 0.568. The summed E-state index contributed by atoms with van der Waals surface area (Å²) in [6.07, 6.45) is 5.77. The number of nitrogens with one attached hydrogen (secondary N) is 1. The van der Waals surface area contributed by atoms with Crippen molar-refractivity contribution in [1.29, 1.82) is 0 Å². The van der Waals surface area contributed by atoms with Gasteiger partial charge in [0, 0.05) is 11.7 Å². The Kier molecular flexibility index (Phi) is 2.42. The van der Waals surface area contributed by atoms with E-state index in [-0.39, 0.29) is 0 Å². The maximum atomic E-state index is 3.77. The zero-order chi connectivity index (χ0) is 11.1. The molecule has 1 heteroatoms. The van der Waals surface area contributed by atoms with Crippen LogP contribution in [0.5, 0.6) is 0 Å². The van der Waals surface area contributed by atoms with E-state index in [4.69, 9.17) is 0 Å².